The molecule has 1 aromatic rings. The van der Waals surface area contributed by atoms with Crippen LogP contribution >= 0.6 is 22.9 Å². The highest BCUT2D eigenvalue weighted by molar-refractivity contribution is 7.13. The van der Waals surface area contributed by atoms with Crippen LogP contribution in [-0.4, -0.2) is 23.0 Å². The molecule has 2 atom stereocenters. The number of halogens is 1. The Morgan fingerprint density at radius 2 is 2.11 bits per heavy atom. The van der Waals surface area contributed by atoms with Crippen LogP contribution < -0.4 is 5.32 Å². The number of nitrogens with one attached hydrogen (secondary N) is 1. The second kappa shape index (κ2) is 5.92. The predicted octanol–water partition coefficient (Wildman–Crippen LogP) is 3.08. The summed E-state index contributed by atoms with van der Waals surface area (Å²) in [5.41, 5.74) is 0.871. The van der Waals surface area contributed by atoms with Gasteiger partial charge >= 0.3 is 5.97 Å². The molecule has 6 heteroatoms. The van der Waals surface area contributed by atoms with E-state index in [0.29, 0.717) is 22.7 Å². The van der Waals surface area contributed by atoms with Gasteiger partial charge in [-0.05, 0) is 30.7 Å². The van der Waals surface area contributed by atoms with Gasteiger partial charge in [-0.15, -0.1) is 11.3 Å². The number of carboxylic acids is 1. The van der Waals surface area contributed by atoms with Crippen molar-refractivity contribution in [2.45, 2.75) is 38.6 Å². The maximum atomic E-state index is 12.1. The van der Waals surface area contributed by atoms with Gasteiger partial charge < -0.3 is 10.4 Å². The van der Waals surface area contributed by atoms with Crippen LogP contribution in [0.3, 0.4) is 0 Å². The van der Waals surface area contributed by atoms with E-state index in [0.717, 1.165) is 18.4 Å². The van der Waals surface area contributed by atoms with E-state index in [-0.39, 0.29) is 11.9 Å². The van der Waals surface area contributed by atoms with E-state index in [4.69, 9.17) is 11.6 Å². The molecule has 0 aromatic carbocycles. The largest absolute Gasteiger partial charge is 0.481 e. The molecule has 104 valence electrons. The molecular formula is C13H16ClNO3S. The lowest BCUT2D eigenvalue weighted by Gasteiger charge is -2.29. The lowest BCUT2D eigenvalue weighted by atomic mass is 9.84. The highest BCUT2D eigenvalue weighted by Gasteiger charge is 2.32. The first-order valence-electron chi connectivity index (χ1n) is 6.28. The van der Waals surface area contributed by atoms with Crippen molar-refractivity contribution >= 4 is 34.8 Å². The average molecular weight is 302 g/mol. The summed E-state index contributed by atoms with van der Waals surface area (Å²) >= 11 is 7.34. The molecule has 2 rings (SSSR count). The van der Waals surface area contributed by atoms with Crippen LogP contribution in [0.15, 0.2) is 5.38 Å². The molecule has 1 fully saturated rings. The Labute approximate surface area is 120 Å². The molecule has 1 amide bonds. The molecule has 19 heavy (non-hydrogen) atoms. The number of aryl methyl sites for hydroxylation is 1. The van der Waals surface area contributed by atoms with E-state index < -0.39 is 11.9 Å². The minimum atomic E-state index is -0.835. The van der Waals surface area contributed by atoms with E-state index in [1.807, 2.05) is 12.3 Å². The van der Waals surface area contributed by atoms with Gasteiger partial charge in [0.05, 0.1) is 10.9 Å². The molecule has 1 saturated carbocycles. The highest BCUT2D eigenvalue weighted by Crippen LogP contribution is 2.29. The lowest BCUT2D eigenvalue weighted by molar-refractivity contribution is -0.143. The summed E-state index contributed by atoms with van der Waals surface area (Å²) in [5.74, 6) is -1.59. The summed E-state index contributed by atoms with van der Waals surface area (Å²) in [5, 5.41) is 14.3. The fourth-order valence-corrected chi connectivity index (χ4v) is 3.60. The zero-order valence-electron chi connectivity index (χ0n) is 10.6. The molecule has 0 radical (unpaired) electrons. The summed E-state index contributed by atoms with van der Waals surface area (Å²) < 4.78 is 0. The monoisotopic (exact) mass is 301 g/mol. The lowest BCUT2D eigenvalue weighted by Crippen LogP contribution is -2.44. The number of carbonyl (C=O) groups is 2. The Morgan fingerprint density at radius 3 is 2.68 bits per heavy atom. The first kappa shape index (κ1) is 14.3. The van der Waals surface area contributed by atoms with Crippen molar-refractivity contribution in [2.24, 2.45) is 5.92 Å². The molecule has 0 saturated heterocycles. The van der Waals surface area contributed by atoms with Crippen molar-refractivity contribution in [3.63, 3.8) is 0 Å². The minimum absolute atomic E-state index is 0.263. The average Bonchev–Trinajstić information content (AvgIpc) is 2.70. The highest BCUT2D eigenvalue weighted by atomic mass is 35.5. The number of thiophene rings is 1. The van der Waals surface area contributed by atoms with Crippen molar-refractivity contribution in [3.8, 4) is 0 Å². The molecule has 4 nitrogen and oxygen atoms in total. The Balaban J connectivity index is 2.09. The summed E-state index contributed by atoms with van der Waals surface area (Å²) in [6.45, 7) is 1.84. The van der Waals surface area contributed by atoms with E-state index in [1.165, 1.54) is 11.3 Å². The number of carbonyl (C=O) groups excluding carboxylic acids is 1. The third kappa shape index (κ3) is 3.09. The molecule has 2 unspecified atom stereocenters. The SMILES string of the molecule is Cc1csc(C(=O)NC2CCCCC2C(=O)O)c1Cl. The molecule has 2 N–H and O–H groups in total. The summed E-state index contributed by atoms with van der Waals surface area (Å²) in [7, 11) is 0. The van der Waals surface area contributed by atoms with Crippen molar-refractivity contribution < 1.29 is 14.7 Å². The number of aliphatic carboxylic acids is 1. The Bertz CT molecular complexity index is 500. The normalized spacial score (nSPS) is 23.1. The quantitative estimate of drug-likeness (QED) is 0.901. The zero-order valence-corrected chi connectivity index (χ0v) is 12.2. The molecule has 1 aliphatic carbocycles. The van der Waals surface area contributed by atoms with Crippen LogP contribution in [0.5, 0.6) is 0 Å². The molecule has 1 heterocycles. The van der Waals surface area contributed by atoms with Gasteiger partial charge in [-0.3, -0.25) is 9.59 Å². The standard InChI is InChI=1S/C13H16ClNO3S/c1-7-6-19-11(10(7)14)12(16)15-9-5-3-2-4-8(9)13(17)18/h6,8-9H,2-5H2,1H3,(H,15,16)(H,17,18). The van der Waals surface area contributed by atoms with E-state index in [2.05, 4.69) is 5.32 Å². The van der Waals surface area contributed by atoms with Crippen LogP contribution in [0, 0.1) is 12.8 Å². The van der Waals surface area contributed by atoms with E-state index in [1.54, 1.807) is 0 Å². The van der Waals surface area contributed by atoms with Crippen LogP contribution in [0.4, 0.5) is 0 Å². The van der Waals surface area contributed by atoms with Gasteiger partial charge in [-0.2, -0.15) is 0 Å². The second-order valence-electron chi connectivity index (χ2n) is 4.87. The van der Waals surface area contributed by atoms with Crippen LogP contribution in [0.25, 0.3) is 0 Å². The molecule has 0 bridgehead atoms. The maximum Gasteiger partial charge on any atom is 0.308 e. The molecule has 1 aliphatic rings. The molecule has 0 aliphatic heterocycles. The van der Waals surface area contributed by atoms with E-state index >= 15 is 0 Å². The van der Waals surface area contributed by atoms with Gasteiger partial charge in [-0.25, -0.2) is 0 Å². The topological polar surface area (TPSA) is 66.4 Å². The Morgan fingerprint density at radius 1 is 1.42 bits per heavy atom. The predicted molar refractivity (Wildman–Crippen MR) is 74.9 cm³/mol. The Hall–Kier alpha value is -1.07. The first-order valence-corrected chi connectivity index (χ1v) is 7.53. The second-order valence-corrected chi connectivity index (χ2v) is 6.13. The number of rotatable bonds is 3. The van der Waals surface area contributed by atoms with Gasteiger partial charge in [-0.1, -0.05) is 24.4 Å². The van der Waals surface area contributed by atoms with Gasteiger partial charge in [0.2, 0.25) is 0 Å². The van der Waals surface area contributed by atoms with Gasteiger partial charge in [0.15, 0.2) is 0 Å². The van der Waals surface area contributed by atoms with Gasteiger partial charge in [0.1, 0.15) is 4.88 Å². The number of hydrogen-bond acceptors (Lipinski definition) is 3. The van der Waals surface area contributed by atoms with Crippen molar-refractivity contribution in [3.05, 3.63) is 20.8 Å². The number of amides is 1. The fraction of sp³-hybridized carbons (Fsp3) is 0.538. The van der Waals surface area contributed by atoms with E-state index in [9.17, 15) is 14.7 Å². The van der Waals surface area contributed by atoms with Gasteiger partial charge in [0, 0.05) is 6.04 Å². The minimum Gasteiger partial charge on any atom is -0.481 e. The molecular weight excluding hydrogens is 286 g/mol. The smallest absolute Gasteiger partial charge is 0.308 e. The fourth-order valence-electron chi connectivity index (χ4n) is 2.42. The van der Waals surface area contributed by atoms with Crippen molar-refractivity contribution in [1.82, 2.24) is 5.32 Å². The van der Waals surface area contributed by atoms with Crippen molar-refractivity contribution in [1.29, 1.82) is 0 Å². The Kier molecular flexibility index (Phi) is 4.47. The van der Waals surface area contributed by atoms with Crippen LogP contribution in [0.2, 0.25) is 5.02 Å². The summed E-state index contributed by atoms with van der Waals surface area (Å²) in [4.78, 5) is 23.8. The van der Waals surface area contributed by atoms with Crippen molar-refractivity contribution in [2.75, 3.05) is 0 Å². The molecule has 1 aromatic heterocycles. The number of carboxylic acid groups (broad SMARTS) is 1. The number of hydrogen-bond donors (Lipinski definition) is 2. The van der Waals surface area contributed by atoms with Crippen LogP contribution in [-0.2, 0) is 4.79 Å². The third-order valence-corrected chi connectivity index (χ3v) is 5.20. The summed E-state index contributed by atoms with van der Waals surface area (Å²) in [6, 6.07) is -0.294. The van der Waals surface area contributed by atoms with Crippen LogP contribution in [0.1, 0.15) is 40.9 Å². The summed E-state index contributed by atoms with van der Waals surface area (Å²) in [6.07, 6.45) is 3.19. The maximum absolute atomic E-state index is 12.1. The first-order chi connectivity index (χ1) is 9.00. The van der Waals surface area contributed by atoms with Gasteiger partial charge in [0.25, 0.3) is 5.91 Å². The third-order valence-electron chi connectivity index (χ3n) is 3.50. The zero-order chi connectivity index (χ0) is 14.0. The molecule has 0 spiro atoms.